The summed E-state index contributed by atoms with van der Waals surface area (Å²) in [7, 11) is 0. The van der Waals surface area contributed by atoms with E-state index in [1.165, 1.54) is 186 Å². The topological polar surface area (TPSA) is 69.6 Å². The molecule has 0 saturated heterocycles. The lowest BCUT2D eigenvalue weighted by Gasteiger charge is -2.20. The van der Waals surface area contributed by atoms with Crippen molar-refractivity contribution in [2.45, 2.75) is 257 Å². The second-order valence-corrected chi connectivity index (χ2v) is 15.5. The van der Waals surface area contributed by atoms with E-state index in [0.717, 1.165) is 38.5 Å². The van der Waals surface area contributed by atoms with Gasteiger partial charge in [0.25, 0.3) is 0 Å². The van der Waals surface area contributed by atoms with E-state index in [1.807, 2.05) is 6.08 Å². The molecule has 2 atom stereocenters. The number of allylic oxidation sites excluding steroid dienone is 3. The number of nitrogens with one attached hydrogen (secondary N) is 1. The van der Waals surface area contributed by atoms with Gasteiger partial charge in [0.1, 0.15) is 0 Å². The number of rotatable bonds is 41. The standard InChI is InChI=1S/C46H89NO3/c1-3-5-7-9-11-13-15-17-18-19-20-21-22-23-24-25-26-27-28-30-31-33-35-37-39-41-45(49)44(43-48)47-46(50)42-40-38-36-34-32-29-16-14-12-10-8-6-4-2/h14,16,39,41,44-45,48-49H,3-13,15,17-38,40,42-43H2,1-2H3,(H,47,50)/b16-14-,41-39+. The predicted molar refractivity (Wildman–Crippen MR) is 221 cm³/mol. The molecule has 0 fully saturated rings. The van der Waals surface area contributed by atoms with Gasteiger partial charge in [-0.2, -0.15) is 0 Å². The minimum atomic E-state index is -0.840. The van der Waals surface area contributed by atoms with E-state index in [2.05, 4.69) is 31.3 Å². The first-order chi connectivity index (χ1) is 24.7. The number of aliphatic hydroxyl groups is 2. The van der Waals surface area contributed by atoms with Crippen LogP contribution in [0.15, 0.2) is 24.3 Å². The number of carbonyl (C=O) groups excluding carboxylic acids is 1. The van der Waals surface area contributed by atoms with Crippen molar-refractivity contribution in [3.63, 3.8) is 0 Å². The number of hydrogen-bond acceptors (Lipinski definition) is 3. The Labute approximate surface area is 313 Å². The summed E-state index contributed by atoms with van der Waals surface area (Å²) in [5, 5.41) is 23.0. The third-order valence-electron chi connectivity index (χ3n) is 10.4. The quantitative estimate of drug-likeness (QED) is 0.0438. The SMILES string of the molecule is CCCCCC/C=C\CCCCCCCC(=O)NC(CO)C(O)/C=C/CCCCCCCCCCCCCCCCCCCCCCCCC. The number of unbranched alkanes of at least 4 members (excludes halogenated alkanes) is 32. The van der Waals surface area contributed by atoms with Crippen LogP contribution in [0.1, 0.15) is 245 Å². The molecular weight excluding hydrogens is 615 g/mol. The van der Waals surface area contributed by atoms with Crippen molar-refractivity contribution < 1.29 is 15.0 Å². The molecule has 0 bridgehead atoms. The zero-order valence-electron chi connectivity index (χ0n) is 33.9. The smallest absolute Gasteiger partial charge is 0.220 e. The third kappa shape index (κ3) is 38.1. The molecule has 0 heterocycles. The van der Waals surface area contributed by atoms with E-state index < -0.39 is 12.1 Å². The van der Waals surface area contributed by atoms with Crippen LogP contribution in [0.2, 0.25) is 0 Å². The molecule has 1 amide bonds. The van der Waals surface area contributed by atoms with Gasteiger partial charge in [-0.1, -0.05) is 218 Å². The second-order valence-electron chi connectivity index (χ2n) is 15.5. The van der Waals surface area contributed by atoms with Gasteiger partial charge < -0.3 is 15.5 Å². The zero-order chi connectivity index (χ0) is 36.4. The van der Waals surface area contributed by atoms with Crippen LogP contribution >= 0.6 is 0 Å². The molecule has 0 aromatic heterocycles. The van der Waals surface area contributed by atoms with Crippen molar-refractivity contribution in [3.05, 3.63) is 24.3 Å². The Morgan fingerprint density at radius 3 is 1.12 bits per heavy atom. The first kappa shape index (κ1) is 48.9. The Hall–Kier alpha value is -1.13. The van der Waals surface area contributed by atoms with E-state index in [9.17, 15) is 15.0 Å². The highest BCUT2D eigenvalue weighted by Crippen LogP contribution is 2.16. The number of carbonyl (C=O) groups is 1. The van der Waals surface area contributed by atoms with Gasteiger partial charge in [-0.3, -0.25) is 4.79 Å². The number of aliphatic hydroxyl groups excluding tert-OH is 2. The molecule has 0 aliphatic heterocycles. The maximum atomic E-state index is 12.3. The molecule has 296 valence electrons. The molecule has 0 saturated carbocycles. The molecule has 3 N–H and O–H groups in total. The lowest BCUT2D eigenvalue weighted by Crippen LogP contribution is -2.45. The summed E-state index contributed by atoms with van der Waals surface area (Å²) in [5.41, 5.74) is 0. The average molecular weight is 704 g/mol. The first-order valence-corrected chi connectivity index (χ1v) is 22.6. The highest BCUT2D eigenvalue weighted by atomic mass is 16.3. The van der Waals surface area contributed by atoms with E-state index >= 15 is 0 Å². The van der Waals surface area contributed by atoms with Crippen molar-refractivity contribution in [2.24, 2.45) is 0 Å². The van der Waals surface area contributed by atoms with Gasteiger partial charge >= 0.3 is 0 Å². The summed E-state index contributed by atoms with van der Waals surface area (Å²) in [6, 6.07) is -0.623. The fourth-order valence-electron chi connectivity index (χ4n) is 6.94. The highest BCUT2D eigenvalue weighted by Gasteiger charge is 2.17. The molecule has 0 aliphatic carbocycles. The van der Waals surface area contributed by atoms with Crippen LogP contribution in [0.5, 0.6) is 0 Å². The van der Waals surface area contributed by atoms with Crippen LogP contribution in [0.4, 0.5) is 0 Å². The van der Waals surface area contributed by atoms with Gasteiger partial charge in [-0.15, -0.1) is 0 Å². The first-order valence-electron chi connectivity index (χ1n) is 22.6. The van der Waals surface area contributed by atoms with Crippen molar-refractivity contribution in [1.82, 2.24) is 5.32 Å². The Bertz CT molecular complexity index is 720. The summed E-state index contributed by atoms with van der Waals surface area (Å²) in [6.07, 6.45) is 54.4. The lowest BCUT2D eigenvalue weighted by molar-refractivity contribution is -0.123. The van der Waals surface area contributed by atoms with Crippen molar-refractivity contribution in [1.29, 1.82) is 0 Å². The van der Waals surface area contributed by atoms with Crippen molar-refractivity contribution in [3.8, 4) is 0 Å². The van der Waals surface area contributed by atoms with E-state index in [1.54, 1.807) is 6.08 Å². The zero-order valence-corrected chi connectivity index (χ0v) is 33.9. The fourth-order valence-corrected chi connectivity index (χ4v) is 6.94. The Balaban J connectivity index is 3.51. The van der Waals surface area contributed by atoms with Crippen LogP contribution in [0, 0.1) is 0 Å². The molecule has 50 heavy (non-hydrogen) atoms. The van der Waals surface area contributed by atoms with Crippen molar-refractivity contribution in [2.75, 3.05) is 6.61 Å². The minimum Gasteiger partial charge on any atom is -0.394 e. The van der Waals surface area contributed by atoms with Crippen LogP contribution in [0.25, 0.3) is 0 Å². The maximum Gasteiger partial charge on any atom is 0.220 e. The summed E-state index contributed by atoms with van der Waals surface area (Å²) < 4.78 is 0. The summed E-state index contributed by atoms with van der Waals surface area (Å²) in [6.45, 7) is 4.30. The second kappa shape index (κ2) is 42.3. The molecule has 0 rings (SSSR count). The summed E-state index contributed by atoms with van der Waals surface area (Å²) in [5.74, 6) is -0.0719. The minimum absolute atomic E-state index is 0.0719. The highest BCUT2D eigenvalue weighted by molar-refractivity contribution is 5.76. The normalized spacial score (nSPS) is 13.1. The summed E-state index contributed by atoms with van der Waals surface area (Å²) >= 11 is 0. The van der Waals surface area contributed by atoms with Crippen LogP contribution in [0.3, 0.4) is 0 Å². The Morgan fingerprint density at radius 2 is 0.760 bits per heavy atom. The molecule has 4 nitrogen and oxygen atoms in total. The molecular formula is C46H89NO3. The monoisotopic (exact) mass is 704 g/mol. The molecule has 0 aliphatic rings. The number of hydrogen-bond donors (Lipinski definition) is 3. The molecule has 0 radical (unpaired) electrons. The van der Waals surface area contributed by atoms with Gasteiger partial charge in [0.2, 0.25) is 5.91 Å². The largest absolute Gasteiger partial charge is 0.394 e. The molecule has 0 aromatic carbocycles. The van der Waals surface area contributed by atoms with Gasteiger partial charge in [0, 0.05) is 6.42 Å². The van der Waals surface area contributed by atoms with E-state index in [-0.39, 0.29) is 12.5 Å². The third-order valence-corrected chi connectivity index (χ3v) is 10.4. The van der Waals surface area contributed by atoms with E-state index in [0.29, 0.717) is 6.42 Å². The fraction of sp³-hybridized carbons (Fsp3) is 0.891. The van der Waals surface area contributed by atoms with Crippen LogP contribution < -0.4 is 5.32 Å². The predicted octanol–water partition coefficient (Wildman–Crippen LogP) is 14.0. The number of amides is 1. The van der Waals surface area contributed by atoms with E-state index in [4.69, 9.17) is 0 Å². The molecule has 0 spiro atoms. The average Bonchev–Trinajstić information content (AvgIpc) is 3.12. The summed E-state index contributed by atoms with van der Waals surface area (Å²) in [4.78, 5) is 12.3. The van der Waals surface area contributed by atoms with Gasteiger partial charge in [-0.25, -0.2) is 0 Å². The lowest BCUT2D eigenvalue weighted by atomic mass is 10.0. The molecule has 4 heteroatoms. The van der Waals surface area contributed by atoms with Gasteiger partial charge in [0.05, 0.1) is 18.8 Å². The van der Waals surface area contributed by atoms with Crippen molar-refractivity contribution >= 4 is 5.91 Å². The molecule has 2 unspecified atom stereocenters. The van der Waals surface area contributed by atoms with Crippen LogP contribution in [-0.2, 0) is 4.79 Å². The van der Waals surface area contributed by atoms with Crippen LogP contribution in [-0.4, -0.2) is 34.9 Å². The maximum absolute atomic E-state index is 12.3. The van der Waals surface area contributed by atoms with Gasteiger partial charge in [-0.05, 0) is 44.9 Å². The van der Waals surface area contributed by atoms with Gasteiger partial charge in [0.15, 0.2) is 0 Å². The Kier molecular flexibility index (Phi) is 41.3. The Morgan fingerprint density at radius 1 is 0.460 bits per heavy atom. The molecule has 0 aromatic rings.